The van der Waals surface area contributed by atoms with Gasteiger partial charge in [-0.25, -0.2) is 0 Å². The molecule has 80 heavy (non-hydrogen) atoms. The zero-order chi connectivity index (χ0) is 57.8. The number of hydrogen-bond donors (Lipinski definition) is 0. The Morgan fingerprint density at radius 1 is 0.263 bits per heavy atom. The van der Waals surface area contributed by atoms with Gasteiger partial charge in [0.1, 0.15) is 13.2 Å². The summed E-state index contributed by atoms with van der Waals surface area (Å²) in [6.45, 7) is 6.49. The van der Waals surface area contributed by atoms with Gasteiger partial charge in [0.25, 0.3) is 0 Å². The summed E-state index contributed by atoms with van der Waals surface area (Å²) in [5.41, 5.74) is 0. The highest BCUT2D eigenvalue weighted by atomic mass is 16.6. The van der Waals surface area contributed by atoms with E-state index < -0.39 is 6.10 Å². The molecule has 0 aromatic carbocycles. The second kappa shape index (κ2) is 67.8. The fraction of sp³-hybridized carbons (Fsp3) is 0.743. The summed E-state index contributed by atoms with van der Waals surface area (Å²) in [4.78, 5) is 38.3. The first-order chi connectivity index (χ1) is 39.5. The number of carbonyl (C=O) groups is 3. The highest BCUT2D eigenvalue weighted by Gasteiger charge is 2.19. The molecule has 0 radical (unpaired) electrons. The van der Waals surface area contributed by atoms with Crippen LogP contribution in [0.5, 0.6) is 0 Å². The van der Waals surface area contributed by atoms with Gasteiger partial charge in [-0.15, -0.1) is 0 Å². The highest BCUT2D eigenvalue weighted by Crippen LogP contribution is 2.17. The normalized spacial score (nSPS) is 12.7. The lowest BCUT2D eigenvalue weighted by molar-refractivity contribution is -0.167. The molecule has 0 saturated heterocycles. The molecule has 6 nitrogen and oxygen atoms in total. The average Bonchev–Trinajstić information content (AvgIpc) is 3.46. The standard InChI is InChI=1S/C74H128O6/c1-4-7-10-13-16-19-22-24-26-28-30-32-34-35-36-37-38-39-41-42-44-46-48-50-52-55-58-61-64-67-73(76)79-70-71(69-78-72(75)66-63-60-57-54-21-18-15-12-9-6-3)80-74(77)68-65-62-59-56-53-51-49-47-45-43-40-33-31-29-27-25-23-20-17-14-11-8-5-2/h7,10,12,15-16,19,24,26,29-32,35-36,38-39,71H,4-6,8-9,11,13-14,17-18,20-23,25,27-28,33-34,37,40-70H2,1-3H3/b10-7-,15-12-,19-16-,26-24-,31-29-,32-30-,36-35-,39-38-. The number of rotatable bonds is 62. The third-order valence-corrected chi connectivity index (χ3v) is 14.8. The van der Waals surface area contributed by atoms with Crippen molar-refractivity contribution in [3.8, 4) is 0 Å². The van der Waals surface area contributed by atoms with Crippen molar-refractivity contribution in [2.75, 3.05) is 13.2 Å². The quantitative estimate of drug-likeness (QED) is 0.0261. The van der Waals surface area contributed by atoms with Crippen molar-refractivity contribution in [3.05, 3.63) is 97.2 Å². The van der Waals surface area contributed by atoms with E-state index in [4.69, 9.17) is 14.2 Å². The molecule has 0 aliphatic rings. The van der Waals surface area contributed by atoms with Crippen LogP contribution in [-0.2, 0) is 28.6 Å². The third-order valence-electron chi connectivity index (χ3n) is 14.8. The van der Waals surface area contributed by atoms with Crippen LogP contribution in [0, 0.1) is 0 Å². The van der Waals surface area contributed by atoms with E-state index in [2.05, 4.69) is 118 Å². The minimum absolute atomic E-state index is 0.0810. The molecular weight excluding hydrogens is 985 g/mol. The van der Waals surface area contributed by atoms with Gasteiger partial charge >= 0.3 is 17.9 Å². The molecule has 0 aromatic heterocycles. The smallest absolute Gasteiger partial charge is 0.306 e. The Morgan fingerprint density at radius 2 is 0.512 bits per heavy atom. The third kappa shape index (κ3) is 65.1. The maximum Gasteiger partial charge on any atom is 0.306 e. The second-order valence-corrected chi connectivity index (χ2v) is 22.7. The molecule has 0 amide bonds. The van der Waals surface area contributed by atoms with Crippen LogP contribution in [0.25, 0.3) is 0 Å². The lowest BCUT2D eigenvalue weighted by atomic mass is 10.0. The predicted octanol–water partition coefficient (Wildman–Crippen LogP) is 23.6. The molecule has 6 heteroatoms. The van der Waals surface area contributed by atoms with Crippen molar-refractivity contribution < 1.29 is 28.6 Å². The predicted molar refractivity (Wildman–Crippen MR) is 348 cm³/mol. The molecular formula is C74H128O6. The van der Waals surface area contributed by atoms with Crippen LogP contribution in [-0.4, -0.2) is 37.2 Å². The molecule has 0 bridgehead atoms. The summed E-state index contributed by atoms with van der Waals surface area (Å²) < 4.78 is 16.9. The van der Waals surface area contributed by atoms with Gasteiger partial charge in [0.15, 0.2) is 6.10 Å². The molecule has 0 aliphatic carbocycles. The van der Waals surface area contributed by atoms with E-state index in [1.807, 2.05) is 0 Å². The monoisotopic (exact) mass is 1110 g/mol. The molecule has 0 aliphatic heterocycles. The van der Waals surface area contributed by atoms with Crippen molar-refractivity contribution >= 4 is 17.9 Å². The Hall–Kier alpha value is -3.67. The lowest BCUT2D eigenvalue weighted by Gasteiger charge is -2.18. The molecule has 0 saturated carbocycles. The molecule has 460 valence electrons. The number of unbranched alkanes of at least 4 members (excludes halogenated alkanes) is 35. The molecule has 1 unspecified atom stereocenters. The van der Waals surface area contributed by atoms with Gasteiger partial charge in [-0.05, 0) is 116 Å². The second-order valence-electron chi connectivity index (χ2n) is 22.7. The van der Waals surface area contributed by atoms with Gasteiger partial charge < -0.3 is 14.2 Å². The number of hydrogen-bond acceptors (Lipinski definition) is 6. The Kier molecular flexibility index (Phi) is 64.7. The van der Waals surface area contributed by atoms with Gasteiger partial charge in [0.05, 0.1) is 0 Å². The molecule has 1 atom stereocenters. The summed E-state index contributed by atoms with van der Waals surface area (Å²) in [7, 11) is 0. The van der Waals surface area contributed by atoms with E-state index in [0.29, 0.717) is 19.3 Å². The van der Waals surface area contributed by atoms with E-state index in [-0.39, 0.29) is 31.1 Å². The lowest BCUT2D eigenvalue weighted by Crippen LogP contribution is -2.30. The van der Waals surface area contributed by atoms with E-state index in [1.54, 1.807) is 0 Å². The zero-order valence-electron chi connectivity index (χ0n) is 52.8. The van der Waals surface area contributed by atoms with Crippen LogP contribution in [0.2, 0.25) is 0 Å². The Balaban J connectivity index is 4.22. The number of carbonyl (C=O) groups excluding carboxylic acids is 3. The van der Waals surface area contributed by atoms with Gasteiger partial charge in [-0.1, -0.05) is 298 Å². The Labute approximate surface area is 496 Å². The summed E-state index contributed by atoms with van der Waals surface area (Å²) in [5.74, 6) is -0.884. The van der Waals surface area contributed by atoms with Crippen molar-refractivity contribution in [2.45, 2.75) is 341 Å². The first kappa shape index (κ1) is 76.3. The van der Waals surface area contributed by atoms with Gasteiger partial charge in [-0.3, -0.25) is 14.4 Å². The number of esters is 3. The minimum Gasteiger partial charge on any atom is -0.462 e. The van der Waals surface area contributed by atoms with Crippen LogP contribution in [0.15, 0.2) is 97.2 Å². The molecule has 0 heterocycles. The maximum atomic E-state index is 12.9. The van der Waals surface area contributed by atoms with Crippen LogP contribution in [0.1, 0.15) is 335 Å². The van der Waals surface area contributed by atoms with Crippen LogP contribution < -0.4 is 0 Å². The molecule has 0 fully saturated rings. The number of allylic oxidation sites excluding steroid dienone is 16. The summed E-state index contributed by atoms with van der Waals surface area (Å²) in [6, 6.07) is 0. The van der Waals surface area contributed by atoms with Crippen molar-refractivity contribution in [1.29, 1.82) is 0 Å². The zero-order valence-corrected chi connectivity index (χ0v) is 52.8. The minimum atomic E-state index is -0.783. The van der Waals surface area contributed by atoms with E-state index in [9.17, 15) is 14.4 Å². The van der Waals surface area contributed by atoms with Gasteiger partial charge in [-0.2, -0.15) is 0 Å². The summed E-state index contributed by atoms with van der Waals surface area (Å²) in [6.07, 6.45) is 91.5. The average molecular weight is 1110 g/mol. The fourth-order valence-electron chi connectivity index (χ4n) is 9.68. The van der Waals surface area contributed by atoms with E-state index >= 15 is 0 Å². The van der Waals surface area contributed by atoms with E-state index in [1.165, 1.54) is 186 Å². The summed E-state index contributed by atoms with van der Waals surface area (Å²) >= 11 is 0. The maximum absolute atomic E-state index is 12.9. The van der Waals surface area contributed by atoms with Crippen LogP contribution in [0.3, 0.4) is 0 Å². The van der Waals surface area contributed by atoms with Gasteiger partial charge in [0, 0.05) is 19.3 Å². The van der Waals surface area contributed by atoms with Crippen molar-refractivity contribution in [1.82, 2.24) is 0 Å². The SMILES string of the molecule is CC/C=C\C/C=C\C/C=C\C/C=C\C/C=C\C/C=C\CCCCCCCCCCCCC(=O)OCC(COC(=O)CCCCCCC/C=C\CCC)OC(=O)CCCCCCCCCCCCC/C=C\CCCCCCCCCC. The first-order valence-electron chi connectivity index (χ1n) is 34.2. The number of ether oxygens (including phenoxy) is 3. The topological polar surface area (TPSA) is 78.9 Å². The Morgan fingerprint density at radius 3 is 0.825 bits per heavy atom. The summed E-state index contributed by atoms with van der Waals surface area (Å²) in [5, 5.41) is 0. The van der Waals surface area contributed by atoms with Crippen LogP contribution in [0.4, 0.5) is 0 Å². The van der Waals surface area contributed by atoms with Crippen molar-refractivity contribution in [3.63, 3.8) is 0 Å². The molecule has 0 spiro atoms. The molecule has 0 aromatic rings. The highest BCUT2D eigenvalue weighted by molar-refractivity contribution is 5.71. The van der Waals surface area contributed by atoms with E-state index in [0.717, 1.165) is 109 Å². The molecule has 0 rings (SSSR count). The first-order valence-corrected chi connectivity index (χ1v) is 34.2. The fourth-order valence-corrected chi connectivity index (χ4v) is 9.68. The van der Waals surface area contributed by atoms with Crippen molar-refractivity contribution in [2.24, 2.45) is 0 Å². The largest absolute Gasteiger partial charge is 0.462 e. The molecule has 0 N–H and O–H groups in total. The Bertz CT molecular complexity index is 1560. The van der Waals surface area contributed by atoms with Gasteiger partial charge in [0.2, 0.25) is 0 Å². The van der Waals surface area contributed by atoms with Crippen LogP contribution >= 0.6 is 0 Å².